The van der Waals surface area contributed by atoms with E-state index in [1.165, 1.54) is 16.7 Å². The van der Waals surface area contributed by atoms with E-state index in [2.05, 4.69) is 31.2 Å². The lowest BCUT2D eigenvalue weighted by Gasteiger charge is -2.15. The van der Waals surface area contributed by atoms with Gasteiger partial charge in [-0.25, -0.2) is 0 Å². The highest BCUT2D eigenvalue weighted by molar-refractivity contribution is 6.30. The SMILES string of the molecule is Cc1ccc(Cl)cc1C(N)CCCc1ccccc1. The Balaban J connectivity index is 1.91. The molecule has 0 fully saturated rings. The topological polar surface area (TPSA) is 26.0 Å². The predicted molar refractivity (Wildman–Crippen MR) is 82.5 cm³/mol. The molecule has 1 atom stereocenters. The summed E-state index contributed by atoms with van der Waals surface area (Å²) in [4.78, 5) is 0. The van der Waals surface area contributed by atoms with Gasteiger partial charge in [0.2, 0.25) is 0 Å². The van der Waals surface area contributed by atoms with Crippen molar-refractivity contribution in [2.45, 2.75) is 32.2 Å². The third-order valence-electron chi connectivity index (χ3n) is 3.46. The van der Waals surface area contributed by atoms with Gasteiger partial charge in [-0.15, -0.1) is 0 Å². The van der Waals surface area contributed by atoms with E-state index in [4.69, 9.17) is 17.3 Å². The highest BCUT2D eigenvalue weighted by atomic mass is 35.5. The second-order valence-electron chi connectivity index (χ2n) is 4.99. The molecule has 0 amide bonds. The molecule has 0 aromatic heterocycles. The number of benzene rings is 2. The summed E-state index contributed by atoms with van der Waals surface area (Å²) >= 11 is 6.04. The minimum atomic E-state index is 0.0717. The van der Waals surface area contributed by atoms with Crippen LogP contribution in [-0.4, -0.2) is 0 Å². The molecule has 0 radical (unpaired) electrons. The van der Waals surface area contributed by atoms with Crippen LogP contribution in [0.1, 0.15) is 35.6 Å². The predicted octanol–water partition coefficient (Wildman–Crippen LogP) is 4.67. The first-order chi connectivity index (χ1) is 9.16. The van der Waals surface area contributed by atoms with Gasteiger partial charge >= 0.3 is 0 Å². The molecule has 0 aliphatic rings. The lowest BCUT2D eigenvalue weighted by atomic mass is 9.96. The fourth-order valence-electron chi connectivity index (χ4n) is 2.34. The van der Waals surface area contributed by atoms with Gasteiger partial charge in [0.25, 0.3) is 0 Å². The fraction of sp³-hybridized carbons (Fsp3) is 0.294. The Labute approximate surface area is 120 Å². The molecule has 2 aromatic carbocycles. The maximum atomic E-state index is 6.27. The van der Waals surface area contributed by atoms with Crippen LogP contribution < -0.4 is 5.73 Å². The molecule has 100 valence electrons. The van der Waals surface area contributed by atoms with Gasteiger partial charge < -0.3 is 5.73 Å². The first-order valence-corrected chi connectivity index (χ1v) is 7.10. The average Bonchev–Trinajstić information content (AvgIpc) is 2.42. The van der Waals surface area contributed by atoms with Crippen molar-refractivity contribution in [3.8, 4) is 0 Å². The van der Waals surface area contributed by atoms with Crippen LogP contribution in [-0.2, 0) is 6.42 Å². The van der Waals surface area contributed by atoms with Gasteiger partial charge in [-0.1, -0.05) is 48.0 Å². The summed E-state index contributed by atoms with van der Waals surface area (Å²) in [6, 6.07) is 16.5. The van der Waals surface area contributed by atoms with E-state index in [0.717, 1.165) is 24.3 Å². The average molecular weight is 274 g/mol. The third-order valence-corrected chi connectivity index (χ3v) is 3.70. The van der Waals surface area contributed by atoms with Crippen molar-refractivity contribution in [3.05, 3.63) is 70.2 Å². The third kappa shape index (κ3) is 4.09. The molecule has 0 bridgehead atoms. The molecule has 2 N–H and O–H groups in total. The lowest BCUT2D eigenvalue weighted by Crippen LogP contribution is -2.12. The summed E-state index contributed by atoms with van der Waals surface area (Å²) in [5, 5.41) is 0.763. The molecule has 2 aromatic rings. The summed E-state index contributed by atoms with van der Waals surface area (Å²) in [6.07, 6.45) is 3.15. The monoisotopic (exact) mass is 273 g/mol. The minimum absolute atomic E-state index is 0.0717. The number of rotatable bonds is 5. The number of hydrogen-bond donors (Lipinski definition) is 1. The van der Waals surface area contributed by atoms with Gasteiger partial charge in [-0.3, -0.25) is 0 Å². The number of aryl methyl sites for hydroxylation is 2. The van der Waals surface area contributed by atoms with Crippen molar-refractivity contribution in [1.82, 2.24) is 0 Å². The van der Waals surface area contributed by atoms with E-state index in [-0.39, 0.29) is 6.04 Å². The van der Waals surface area contributed by atoms with Crippen LogP contribution in [0.25, 0.3) is 0 Å². The molecule has 1 nitrogen and oxygen atoms in total. The maximum absolute atomic E-state index is 6.27. The zero-order valence-electron chi connectivity index (χ0n) is 11.3. The molecule has 2 rings (SSSR count). The Hall–Kier alpha value is -1.31. The summed E-state index contributed by atoms with van der Waals surface area (Å²) in [6.45, 7) is 2.09. The molecule has 0 heterocycles. The number of hydrogen-bond acceptors (Lipinski definition) is 1. The van der Waals surface area contributed by atoms with Crippen LogP contribution in [0.5, 0.6) is 0 Å². The largest absolute Gasteiger partial charge is 0.324 e. The van der Waals surface area contributed by atoms with Gasteiger partial charge in [0, 0.05) is 11.1 Å². The molecule has 2 heteroatoms. The Bertz CT molecular complexity index is 522. The lowest BCUT2D eigenvalue weighted by molar-refractivity contribution is 0.609. The Morgan fingerprint density at radius 2 is 1.84 bits per heavy atom. The van der Waals surface area contributed by atoms with Gasteiger partial charge in [-0.2, -0.15) is 0 Å². The van der Waals surface area contributed by atoms with Crippen molar-refractivity contribution >= 4 is 11.6 Å². The second kappa shape index (κ2) is 6.74. The van der Waals surface area contributed by atoms with Crippen LogP contribution in [0.2, 0.25) is 5.02 Å². The van der Waals surface area contributed by atoms with Gasteiger partial charge in [0.05, 0.1) is 0 Å². The highest BCUT2D eigenvalue weighted by Gasteiger charge is 2.09. The van der Waals surface area contributed by atoms with Crippen LogP contribution in [0.4, 0.5) is 0 Å². The Morgan fingerprint density at radius 3 is 2.58 bits per heavy atom. The van der Waals surface area contributed by atoms with Crippen molar-refractivity contribution in [1.29, 1.82) is 0 Å². The summed E-state index contributed by atoms with van der Waals surface area (Å²) in [5.74, 6) is 0. The quantitative estimate of drug-likeness (QED) is 0.842. The van der Waals surface area contributed by atoms with E-state index < -0.39 is 0 Å². The highest BCUT2D eigenvalue weighted by Crippen LogP contribution is 2.24. The van der Waals surface area contributed by atoms with E-state index in [1.807, 2.05) is 24.3 Å². The standard InChI is InChI=1S/C17H20ClN/c1-13-10-11-15(18)12-16(13)17(19)9-5-8-14-6-3-2-4-7-14/h2-4,6-7,10-12,17H,5,8-9,19H2,1H3. The normalized spacial score (nSPS) is 12.4. The fourth-order valence-corrected chi connectivity index (χ4v) is 2.52. The molecule has 19 heavy (non-hydrogen) atoms. The molecule has 0 saturated carbocycles. The van der Waals surface area contributed by atoms with Crippen LogP contribution >= 0.6 is 11.6 Å². The van der Waals surface area contributed by atoms with Crippen molar-refractivity contribution in [2.24, 2.45) is 5.73 Å². The zero-order valence-corrected chi connectivity index (χ0v) is 12.0. The molecule has 0 saturated heterocycles. The summed E-state index contributed by atoms with van der Waals surface area (Å²) in [5.41, 5.74) is 10.0. The smallest absolute Gasteiger partial charge is 0.0409 e. The molecule has 0 spiro atoms. The molecular formula is C17H20ClN. The van der Waals surface area contributed by atoms with E-state index in [0.29, 0.717) is 0 Å². The Kier molecular flexibility index (Phi) is 5.00. The first kappa shape index (κ1) is 14.1. The van der Waals surface area contributed by atoms with E-state index in [9.17, 15) is 0 Å². The molecule has 0 aliphatic heterocycles. The van der Waals surface area contributed by atoms with Crippen molar-refractivity contribution in [2.75, 3.05) is 0 Å². The summed E-state index contributed by atoms with van der Waals surface area (Å²) < 4.78 is 0. The van der Waals surface area contributed by atoms with Crippen molar-refractivity contribution < 1.29 is 0 Å². The summed E-state index contributed by atoms with van der Waals surface area (Å²) in [7, 11) is 0. The Morgan fingerprint density at radius 1 is 1.11 bits per heavy atom. The second-order valence-corrected chi connectivity index (χ2v) is 5.42. The molecule has 1 unspecified atom stereocenters. The minimum Gasteiger partial charge on any atom is -0.324 e. The van der Waals surface area contributed by atoms with E-state index in [1.54, 1.807) is 0 Å². The van der Waals surface area contributed by atoms with Gasteiger partial charge in [0.15, 0.2) is 0 Å². The first-order valence-electron chi connectivity index (χ1n) is 6.72. The van der Waals surface area contributed by atoms with Gasteiger partial charge in [0.1, 0.15) is 0 Å². The number of halogens is 1. The van der Waals surface area contributed by atoms with Crippen LogP contribution in [0.3, 0.4) is 0 Å². The molecular weight excluding hydrogens is 254 g/mol. The van der Waals surface area contributed by atoms with Gasteiger partial charge in [-0.05, 0) is 55.0 Å². The van der Waals surface area contributed by atoms with Crippen molar-refractivity contribution in [3.63, 3.8) is 0 Å². The van der Waals surface area contributed by atoms with Crippen LogP contribution in [0.15, 0.2) is 48.5 Å². The zero-order chi connectivity index (χ0) is 13.7. The van der Waals surface area contributed by atoms with E-state index >= 15 is 0 Å². The maximum Gasteiger partial charge on any atom is 0.0409 e. The molecule has 0 aliphatic carbocycles. The number of nitrogens with two attached hydrogens (primary N) is 1. The van der Waals surface area contributed by atoms with Crippen LogP contribution in [0, 0.1) is 6.92 Å².